The molecule has 19 heavy (non-hydrogen) atoms. The quantitative estimate of drug-likeness (QED) is 0.736. The zero-order valence-electron chi connectivity index (χ0n) is 12.0. The van der Waals surface area contributed by atoms with Crippen LogP contribution in [0.5, 0.6) is 5.75 Å². The Bertz CT molecular complexity index is 380. The molecule has 0 spiro atoms. The lowest BCUT2D eigenvalue weighted by Crippen LogP contribution is -2.12. The van der Waals surface area contributed by atoms with Gasteiger partial charge in [0.25, 0.3) is 0 Å². The van der Waals surface area contributed by atoms with Crippen LogP contribution < -0.4 is 10.5 Å². The minimum absolute atomic E-state index is 0.183. The zero-order chi connectivity index (χ0) is 14.3. The van der Waals surface area contributed by atoms with Crippen LogP contribution in [0.3, 0.4) is 0 Å². The van der Waals surface area contributed by atoms with E-state index in [0.717, 1.165) is 18.6 Å². The SMILES string of the molecule is CC(C)CCOCCOc1cc(F)ccc1[C@@H](C)N. The van der Waals surface area contributed by atoms with Gasteiger partial charge in [-0.3, -0.25) is 0 Å². The summed E-state index contributed by atoms with van der Waals surface area (Å²) in [6.45, 7) is 7.79. The molecule has 0 bridgehead atoms. The fourth-order valence-corrected chi connectivity index (χ4v) is 1.64. The molecule has 4 heteroatoms. The summed E-state index contributed by atoms with van der Waals surface area (Å²) in [5.41, 5.74) is 6.62. The van der Waals surface area contributed by atoms with Gasteiger partial charge in [-0.1, -0.05) is 19.9 Å². The molecule has 1 atom stereocenters. The van der Waals surface area contributed by atoms with Crippen LogP contribution in [-0.2, 0) is 4.74 Å². The largest absolute Gasteiger partial charge is 0.491 e. The van der Waals surface area contributed by atoms with Crippen LogP contribution in [0.1, 0.15) is 38.8 Å². The molecule has 0 unspecified atom stereocenters. The Morgan fingerprint density at radius 1 is 1.16 bits per heavy atom. The van der Waals surface area contributed by atoms with E-state index in [1.165, 1.54) is 12.1 Å². The van der Waals surface area contributed by atoms with Gasteiger partial charge >= 0.3 is 0 Å². The van der Waals surface area contributed by atoms with Gasteiger partial charge in [0.2, 0.25) is 0 Å². The highest BCUT2D eigenvalue weighted by Crippen LogP contribution is 2.24. The summed E-state index contributed by atoms with van der Waals surface area (Å²) in [5.74, 6) is 0.816. The molecule has 1 rings (SSSR count). The first-order valence-electron chi connectivity index (χ1n) is 6.76. The van der Waals surface area contributed by atoms with Crippen molar-refractivity contribution >= 4 is 0 Å². The highest BCUT2D eigenvalue weighted by Gasteiger charge is 2.09. The van der Waals surface area contributed by atoms with E-state index < -0.39 is 0 Å². The number of halogens is 1. The van der Waals surface area contributed by atoms with Crippen molar-refractivity contribution < 1.29 is 13.9 Å². The molecule has 0 amide bonds. The molecule has 0 fully saturated rings. The van der Waals surface area contributed by atoms with Gasteiger partial charge in [0, 0.05) is 24.3 Å². The molecule has 0 heterocycles. The number of rotatable bonds is 8. The second-order valence-corrected chi connectivity index (χ2v) is 5.11. The lowest BCUT2D eigenvalue weighted by molar-refractivity contribution is 0.0921. The number of hydrogen-bond acceptors (Lipinski definition) is 3. The van der Waals surface area contributed by atoms with E-state index in [1.807, 2.05) is 6.92 Å². The molecule has 1 aromatic carbocycles. The molecular weight excluding hydrogens is 245 g/mol. The summed E-state index contributed by atoms with van der Waals surface area (Å²) in [4.78, 5) is 0. The van der Waals surface area contributed by atoms with Crippen LogP contribution in [0.15, 0.2) is 18.2 Å². The average Bonchev–Trinajstić information content (AvgIpc) is 2.33. The Hall–Kier alpha value is -1.13. The number of hydrogen-bond donors (Lipinski definition) is 1. The third-order valence-corrected chi connectivity index (χ3v) is 2.79. The Morgan fingerprint density at radius 2 is 1.89 bits per heavy atom. The molecule has 0 saturated carbocycles. The van der Waals surface area contributed by atoms with Crippen molar-refractivity contribution in [1.29, 1.82) is 0 Å². The Labute approximate surface area is 114 Å². The van der Waals surface area contributed by atoms with Crippen molar-refractivity contribution in [3.8, 4) is 5.75 Å². The first-order valence-corrected chi connectivity index (χ1v) is 6.76. The molecule has 0 radical (unpaired) electrons. The van der Waals surface area contributed by atoms with Gasteiger partial charge < -0.3 is 15.2 Å². The topological polar surface area (TPSA) is 44.5 Å². The average molecular weight is 269 g/mol. The predicted molar refractivity (Wildman–Crippen MR) is 74.8 cm³/mol. The molecule has 108 valence electrons. The lowest BCUT2D eigenvalue weighted by atomic mass is 10.1. The van der Waals surface area contributed by atoms with E-state index in [-0.39, 0.29) is 11.9 Å². The van der Waals surface area contributed by atoms with E-state index in [2.05, 4.69) is 13.8 Å². The summed E-state index contributed by atoms with van der Waals surface area (Å²) >= 11 is 0. The zero-order valence-corrected chi connectivity index (χ0v) is 12.0. The van der Waals surface area contributed by atoms with Crippen LogP contribution in [0, 0.1) is 11.7 Å². The third kappa shape index (κ3) is 6.03. The molecule has 0 aliphatic carbocycles. The van der Waals surface area contributed by atoms with Crippen LogP contribution >= 0.6 is 0 Å². The van der Waals surface area contributed by atoms with Crippen LogP contribution in [0.4, 0.5) is 4.39 Å². The van der Waals surface area contributed by atoms with Crippen LogP contribution in [0.2, 0.25) is 0 Å². The molecule has 2 N–H and O–H groups in total. The summed E-state index contributed by atoms with van der Waals surface area (Å²) in [6, 6.07) is 4.24. The number of ether oxygens (including phenoxy) is 2. The van der Waals surface area contributed by atoms with E-state index in [9.17, 15) is 4.39 Å². The van der Waals surface area contributed by atoms with Crippen molar-refractivity contribution in [1.82, 2.24) is 0 Å². The van der Waals surface area contributed by atoms with Gasteiger partial charge in [-0.15, -0.1) is 0 Å². The van der Waals surface area contributed by atoms with Crippen molar-refractivity contribution in [2.45, 2.75) is 33.2 Å². The smallest absolute Gasteiger partial charge is 0.127 e. The summed E-state index contributed by atoms with van der Waals surface area (Å²) in [7, 11) is 0. The fourth-order valence-electron chi connectivity index (χ4n) is 1.64. The maximum atomic E-state index is 13.2. The maximum absolute atomic E-state index is 13.2. The minimum Gasteiger partial charge on any atom is -0.491 e. The molecule has 0 aliphatic heterocycles. The second-order valence-electron chi connectivity index (χ2n) is 5.11. The Balaban J connectivity index is 2.38. The first kappa shape index (κ1) is 15.9. The standard InChI is InChI=1S/C15H24FNO2/c1-11(2)6-7-18-8-9-19-15-10-13(16)4-5-14(15)12(3)17/h4-5,10-12H,6-9,17H2,1-3H3/t12-/m1/s1. The number of benzene rings is 1. The molecule has 3 nitrogen and oxygen atoms in total. The van der Waals surface area contributed by atoms with Gasteiger partial charge in [0.1, 0.15) is 18.2 Å². The summed E-state index contributed by atoms with van der Waals surface area (Å²) < 4.78 is 24.2. The predicted octanol–water partition coefficient (Wildman–Crippen LogP) is 3.29. The van der Waals surface area contributed by atoms with E-state index in [1.54, 1.807) is 6.07 Å². The normalized spacial score (nSPS) is 12.7. The fraction of sp³-hybridized carbons (Fsp3) is 0.600. The molecule has 1 aromatic rings. The molecule has 0 saturated heterocycles. The van der Waals surface area contributed by atoms with Crippen molar-refractivity contribution in [3.05, 3.63) is 29.6 Å². The molecule has 0 aromatic heterocycles. The summed E-state index contributed by atoms with van der Waals surface area (Å²) in [5, 5.41) is 0. The van der Waals surface area contributed by atoms with Crippen molar-refractivity contribution in [3.63, 3.8) is 0 Å². The highest BCUT2D eigenvalue weighted by molar-refractivity contribution is 5.36. The highest BCUT2D eigenvalue weighted by atomic mass is 19.1. The number of nitrogens with two attached hydrogens (primary N) is 1. The Morgan fingerprint density at radius 3 is 2.53 bits per heavy atom. The lowest BCUT2D eigenvalue weighted by Gasteiger charge is -2.14. The minimum atomic E-state index is -0.319. The molecular formula is C15H24FNO2. The van der Waals surface area contributed by atoms with Crippen LogP contribution in [-0.4, -0.2) is 19.8 Å². The molecule has 0 aliphatic rings. The van der Waals surface area contributed by atoms with E-state index in [0.29, 0.717) is 24.9 Å². The summed E-state index contributed by atoms with van der Waals surface area (Å²) in [6.07, 6.45) is 1.03. The van der Waals surface area contributed by atoms with Gasteiger partial charge in [-0.2, -0.15) is 0 Å². The van der Waals surface area contributed by atoms with Gasteiger partial charge in [-0.05, 0) is 25.3 Å². The maximum Gasteiger partial charge on any atom is 0.127 e. The van der Waals surface area contributed by atoms with Gasteiger partial charge in [-0.25, -0.2) is 4.39 Å². The monoisotopic (exact) mass is 269 g/mol. The van der Waals surface area contributed by atoms with E-state index in [4.69, 9.17) is 15.2 Å². The Kier molecular flexibility index (Phi) is 6.81. The third-order valence-electron chi connectivity index (χ3n) is 2.79. The second kappa shape index (κ2) is 8.12. The van der Waals surface area contributed by atoms with E-state index >= 15 is 0 Å². The first-order chi connectivity index (χ1) is 9.00. The van der Waals surface area contributed by atoms with Gasteiger partial charge in [0.15, 0.2) is 0 Å². The van der Waals surface area contributed by atoms with Crippen LogP contribution in [0.25, 0.3) is 0 Å². The van der Waals surface area contributed by atoms with Gasteiger partial charge in [0.05, 0.1) is 6.61 Å². The van der Waals surface area contributed by atoms with Crippen molar-refractivity contribution in [2.75, 3.05) is 19.8 Å². The van der Waals surface area contributed by atoms with Crippen molar-refractivity contribution in [2.24, 2.45) is 11.7 Å².